The summed E-state index contributed by atoms with van der Waals surface area (Å²) in [5, 5.41) is 5.04. The highest BCUT2D eigenvalue weighted by Crippen LogP contribution is 2.28. The van der Waals surface area contributed by atoms with Crippen molar-refractivity contribution in [2.75, 3.05) is 13.7 Å². The fourth-order valence-electron chi connectivity index (χ4n) is 2.79. The molecule has 3 aromatic carbocycles. The zero-order chi connectivity index (χ0) is 23.6. The number of carbonyl (C=O) groups is 1. The lowest BCUT2D eigenvalue weighted by molar-refractivity contribution is 0.0954. The van der Waals surface area contributed by atoms with Crippen molar-refractivity contribution in [2.45, 2.75) is 6.61 Å². The van der Waals surface area contributed by atoms with E-state index >= 15 is 0 Å². The van der Waals surface area contributed by atoms with Crippen molar-refractivity contribution < 1.29 is 19.0 Å². The number of halogens is 2. The highest BCUT2D eigenvalue weighted by molar-refractivity contribution is 6.32. The maximum atomic E-state index is 12.4. The van der Waals surface area contributed by atoms with Crippen molar-refractivity contribution >= 4 is 35.3 Å². The molecule has 0 spiro atoms. The quantitative estimate of drug-likeness (QED) is 0.220. The molecule has 0 bridgehead atoms. The Morgan fingerprint density at radius 2 is 1.79 bits per heavy atom. The van der Waals surface area contributed by atoms with Gasteiger partial charge < -0.3 is 14.2 Å². The summed E-state index contributed by atoms with van der Waals surface area (Å²) in [5.74, 6) is 1.07. The summed E-state index contributed by atoms with van der Waals surface area (Å²) in [6.07, 6.45) is 3.11. The third-order valence-corrected chi connectivity index (χ3v) is 5.12. The van der Waals surface area contributed by atoms with Crippen LogP contribution in [-0.2, 0) is 6.61 Å². The van der Waals surface area contributed by atoms with Gasteiger partial charge in [0.2, 0.25) is 0 Å². The average Bonchev–Trinajstić information content (AvgIpc) is 2.83. The maximum Gasteiger partial charge on any atom is 0.271 e. The van der Waals surface area contributed by atoms with Crippen LogP contribution in [0.4, 0.5) is 0 Å². The fraction of sp³-hybridized carbons (Fsp3) is 0.120. The summed E-state index contributed by atoms with van der Waals surface area (Å²) < 4.78 is 16.5. The number of hydrogen-bond acceptors (Lipinski definition) is 5. The first-order valence-electron chi connectivity index (χ1n) is 9.92. The molecule has 0 unspecified atom stereocenters. The molecular weight excluding hydrogens is 463 g/mol. The zero-order valence-corrected chi connectivity index (χ0v) is 19.4. The molecule has 0 heterocycles. The van der Waals surface area contributed by atoms with Crippen LogP contribution in [0, 0.1) is 0 Å². The predicted octanol–water partition coefficient (Wildman–Crippen LogP) is 5.91. The van der Waals surface area contributed by atoms with Gasteiger partial charge in [-0.25, -0.2) is 5.43 Å². The van der Waals surface area contributed by atoms with E-state index < -0.39 is 5.91 Å². The molecule has 0 aliphatic heterocycles. The zero-order valence-electron chi connectivity index (χ0n) is 17.9. The number of methoxy groups -OCH3 is 1. The number of amides is 1. The summed E-state index contributed by atoms with van der Waals surface area (Å²) in [6.45, 7) is 4.23. The number of nitrogens with zero attached hydrogens (tertiary/aromatic N) is 1. The molecule has 0 radical (unpaired) electrons. The molecule has 0 atom stereocenters. The van der Waals surface area contributed by atoms with Crippen molar-refractivity contribution in [1.29, 1.82) is 0 Å². The first kappa shape index (κ1) is 24.2. The molecule has 0 aliphatic carbocycles. The lowest BCUT2D eigenvalue weighted by Gasteiger charge is -2.10. The first-order valence-corrected chi connectivity index (χ1v) is 10.7. The number of benzene rings is 3. The highest BCUT2D eigenvalue weighted by atomic mass is 35.5. The van der Waals surface area contributed by atoms with E-state index in [0.717, 1.165) is 5.56 Å². The standard InChI is InChI=1S/C25H22Cl2N2O4/c1-3-12-32-23-11-9-18(14-24(23)31-2)25(30)29-28-15-17-8-10-22(21(27)13-17)33-16-19-6-4-5-7-20(19)26/h3-11,13-15H,1,12,16H2,2H3,(H,29,30)/b28-15+. The van der Waals surface area contributed by atoms with Crippen LogP contribution in [0.1, 0.15) is 21.5 Å². The third-order valence-electron chi connectivity index (χ3n) is 4.46. The van der Waals surface area contributed by atoms with Crippen LogP contribution in [0.3, 0.4) is 0 Å². The largest absolute Gasteiger partial charge is 0.493 e. The molecule has 0 aromatic heterocycles. The molecule has 1 N–H and O–H groups in total. The van der Waals surface area contributed by atoms with Crippen LogP contribution in [-0.4, -0.2) is 25.8 Å². The molecule has 0 aliphatic rings. The van der Waals surface area contributed by atoms with Gasteiger partial charge in [0.15, 0.2) is 11.5 Å². The minimum Gasteiger partial charge on any atom is -0.493 e. The van der Waals surface area contributed by atoms with Crippen LogP contribution >= 0.6 is 23.2 Å². The molecule has 1 amide bonds. The number of hydrogen-bond donors (Lipinski definition) is 1. The number of carbonyl (C=O) groups excluding carboxylic acids is 1. The van der Waals surface area contributed by atoms with Crippen molar-refractivity contribution in [3.63, 3.8) is 0 Å². The van der Waals surface area contributed by atoms with Gasteiger partial charge in [0.25, 0.3) is 5.91 Å². The summed E-state index contributed by atoms with van der Waals surface area (Å²) in [6, 6.07) is 17.5. The predicted molar refractivity (Wildman–Crippen MR) is 131 cm³/mol. The second-order valence-corrected chi connectivity index (χ2v) is 7.55. The van der Waals surface area contributed by atoms with E-state index in [0.29, 0.717) is 51.6 Å². The number of rotatable bonds is 10. The Labute approximate surface area is 202 Å². The Morgan fingerprint density at radius 3 is 2.52 bits per heavy atom. The number of ether oxygens (including phenoxy) is 3. The molecule has 8 heteroatoms. The SMILES string of the molecule is C=CCOc1ccc(C(=O)N/N=C/c2ccc(OCc3ccccc3Cl)c(Cl)c2)cc1OC. The Balaban J connectivity index is 1.59. The van der Waals surface area contributed by atoms with Crippen LogP contribution in [0.25, 0.3) is 0 Å². The highest BCUT2D eigenvalue weighted by Gasteiger charge is 2.11. The molecule has 3 aromatic rings. The Hall–Kier alpha value is -3.48. The van der Waals surface area contributed by atoms with Gasteiger partial charge in [-0.2, -0.15) is 5.10 Å². The molecule has 0 saturated carbocycles. The van der Waals surface area contributed by atoms with Crippen molar-refractivity contribution in [1.82, 2.24) is 5.43 Å². The Kier molecular flexibility index (Phi) is 8.75. The maximum absolute atomic E-state index is 12.4. The van der Waals surface area contributed by atoms with E-state index in [1.165, 1.54) is 13.3 Å². The normalized spacial score (nSPS) is 10.6. The van der Waals surface area contributed by atoms with Gasteiger partial charge in [-0.3, -0.25) is 4.79 Å². The molecule has 33 heavy (non-hydrogen) atoms. The summed E-state index contributed by atoms with van der Waals surface area (Å²) in [5.41, 5.74) is 4.40. The molecule has 6 nitrogen and oxygen atoms in total. The lowest BCUT2D eigenvalue weighted by atomic mass is 10.2. The monoisotopic (exact) mass is 484 g/mol. The van der Waals surface area contributed by atoms with Gasteiger partial charge >= 0.3 is 0 Å². The Bertz CT molecular complexity index is 1160. The summed E-state index contributed by atoms with van der Waals surface area (Å²) in [4.78, 5) is 12.4. The van der Waals surface area contributed by atoms with Crippen LogP contribution in [0.2, 0.25) is 10.0 Å². The molecule has 0 saturated heterocycles. The molecule has 3 rings (SSSR count). The van der Waals surface area contributed by atoms with E-state index in [2.05, 4.69) is 17.1 Å². The van der Waals surface area contributed by atoms with Crippen molar-refractivity contribution in [3.8, 4) is 17.2 Å². The van der Waals surface area contributed by atoms with Crippen LogP contribution in [0.15, 0.2) is 78.4 Å². The lowest BCUT2D eigenvalue weighted by Crippen LogP contribution is -2.17. The summed E-state index contributed by atoms with van der Waals surface area (Å²) in [7, 11) is 1.50. The van der Waals surface area contributed by atoms with Crippen molar-refractivity contribution in [2.24, 2.45) is 5.10 Å². The number of hydrazone groups is 1. The second-order valence-electron chi connectivity index (χ2n) is 6.73. The van der Waals surface area contributed by atoms with Gasteiger partial charge in [0, 0.05) is 16.1 Å². The number of nitrogens with one attached hydrogen (secondary N) is 1. The average molecular weight is 485 g/mol. The van der Waals surface area contributed by atoms with E-state index in [1.54, 1.807) is 48.5 Å². The molecule has 0 fully saturated rings. The summed E-state index contributed by atoms with van der Waals surface area (Å²) >= 11 is 12.5. The fourth-order valence-corrected chi connectivity index (χ4v) is 3.23. The van der Waals surface area contributed by atoms with E-state index in [9.17, 15) is 4.79 Å². The van der Waals surface area contributed by atoms with Gasteiger partial charge in [-0.05, 0) is 48.0 Å². The minimum absolute atomic E-state index is 0.295. The van der Waals surface area contributed by atoms with E-state index in [4.69, 9.17) is 37.4 Å². The minimum atomic E-state index is -0.398. The second kappa shape index (κ2) is 11.9. The Morgan fingerprint density at radius 1 is 1.00 bits per heavy atom. The third kappa shape index (κ3) is 6.75. The van der Waals surface area contributed by atoms with Crippen LogP contribution in [0.5, 0.6) is 17.2 Å². The molecule has 170 valence electrons. The first-order chi connectivity index (χ1) is 16.0. The van der Waals surface area contributed by atoms with Crippen LogP contribution < -0.4 is 19.6 Å². The van der Waals surface area contributed by atoms with E-state index in [1.807, 2.05) is 18.2 Å². The smallest absolute Gasteiger partial charge is 0.271 e. The topological polar surface area (TPSA) is 69.2 Å². The van der Waals surface area contributed by atoms with Gasteiger partial charge in [0.05, 0.1) is 18.3 Å². The van der Waals surface area contributed by atoms with Gasteiger partial charge in [-0.1, -0.05) is 54.1 Å². The van der Waals surface area contributed by atoms with Crippen molar-refractivity contribution in [3.05, 3.63) is 100 Å². The molecular formula is C25H22Cl2N2O4. The van der Waals surface area contributed by atoms with E-state index in [-0.39, 0.29) is 0 Å². The van der Waals surface area contributed by atoms with Gasteiger partial charge in [0.1, 0.15) is 19.0 Å². The van der Waals surface area contributed by atoms with Gasteiger partial charge in [-0.15, -0.1) is 0 Å².